The van der Waals surface area contributed by atoms with Crippen LogP contribution in [0.4, 0.5) is 0 Å². The third-order valence-electron chi connectivity index (χ3n) is 1.90. The van der Waals surface area contributed by atoms with E-state index in [-0.39, 0.29) is 5.78 Å². The van der Waals surface area contributed by atoms with Crippen LogP contribution in [0.15, 0.2) is 36.7 Å². The molecule has 14 heavy (non-hydrogen) atoms. The smallest absolute Gasteiger partial charge is 0.204 e. The van der Waals surface area contributed by atoms with Gasteiger partial charge in [0.15, 0.2) is 5.78 Å². The maximum absolute atomic E-state index is 11.2. The summed E-state index contributed by atoms with van der Waals surface area (Å²) >= 11 is 0. The van der Waals surface area contributed by atoms with Gasteiger partial charge in [-0.15, -0.1) is 10.2 Å². The van der Waals surface area contributed by atoms with Gasteiger partial charge in [0.1, 0.15) is 6.33 Å². The fraction of sp³-hybridized carbons (Fsp3) is 0.100. The molecule has 0 aliphatic carbocycles. The molecule has 1 aromatic heterocycles. The quantitative estimate of drug-likeness (QED) is 0.669. The number of carbonyl (C=O) groups excluding carboxylic acids is 1. The minimum Gasteiger partial charge on any atom is -0.291 e. The average molecular weight is 187 g/mol. The Morgan fingerprint density at radius 1 is 1.29 bits per heavy atom. The predicted octanol–water partition coefficient (Wildman–Crippen LogP) is 1.47. The average Bonchev–Trinajstić information content (AvgIpc) is 2.67. The summed E-state index contributed by atoms with van der Waals surface area (Å²) in [4.78, 5) is 11.2. The second-order valence-electron chi connectivity index (χ2n) is 2.92. The van der Waals surface area contributed by atoms with Crippen LogP contribution in [0, 0.1) is 0 Å². The summed E-state index contributed by atoms with van der Waals surface area (Å²) < 4.78 is 1.67. The molecule has 0 N–H and O–H groups in total. The van der Waals surface area contributed by atoms with Gasteiger partial charge in [0, 0.05) is 12.6 Å². The van der Waals surface area contributed by atoms with E-state index in [1.54, 1.807) is 4.57 Å². The summed E-state index contributed by atoms with van der Waals surface area (Å²) in [7, 11) is 0. The van der Waals surface area contributed by atoms with Crippen molar-refractivity contribution in [3.05, 3.63) is 42.5 Å². The van der Waals surface area contributed by atoms with E-state index in [0.29, 0.717) is 5.82 Å². The molecule has 0 amide bonds. The number of hydrogen-bond acceptors (Lipinski definition) is 3. The van der Waals surface area contributed by atoms with Crippen LogP contribution in [0.3, 0.4) is 0 Å². The van der Waals surface area contributed by atoms with E-state index in [1.807, 2.05) is 30.3 Å². The van der Waals surface area contributed by atoms with E-state index in [9.17, 15) is 4.79 Å². The van der Waals surface area contributed by atoms with E-state index in [1.165, 1.54) is 13.3 Å². The summed E-state index contributed by atoms with van der Waals surface area (Å²) in [5, 5.41) is 7.47. The fourth-order valence-electron chi connectivity index (χ4n) is 1.25. The highest BCUT2D eigenvalue weighted by Gasteiger charge is 2.09. The van der Waals surface area contributed by atoms with Gasteiger partial charge >= 0.3 is 0 Å². The molecule has 4 heteroatoms. The maximum Gasteiger partial charge on any atom is 0.204 e. The Bertz CT molecular complexity index is 447. The lowest BCUT2D eigenvalue weighted by molar-refractivity contribution is 0.100. The Labute approximate surface area is 81.2 Å². The van der Waals surface area contributed by atoms with Gasteiger partial charge in [0.2, 0.25) is 5.82 Å². The number of aromatic nitrogens is 3. The second-order valence-corrected chi connectivity index (χ2v) is 2.92. The molecule has 4 nitrogen and oxygen atoms in total. The van der Waals surface area contributed by atoms with Crippen LogP contribution in [0.1, 0.15) is 17.5 Å². The SMILES string of the molecule is CC(=O)c1nncn1-c1ccccc1. The molecule has 0 aliphatic heterocycles. The molecular formula is C10H9N3O. The van der Waals surface area contributed by atoms with Crippen LogP contribution in [0.25, 0.3) is 5.69 Å². The van der Waals surface area contributed by atoms with E-state index in [0.717, 1.165) is 5.69 Å². The molecule has 0 atom stereocenters. The van der Waals surface area contributed by atoms with E-state index < -0.39 is 0 Å². The van der Waals surface area contributed by atoms with Crippen molar-refractivity contribution in [3.63, 3.8) is 0 Å². The Morgan fingerprint density at radius 3 is 2.64 bits per heavy atom. The molecule has 0 fully saturated rings. The van der Waals surface area contributed by atoms with Crippen LogP contribution < -0.4 is 0 Å². The first-order valence-corrected chi connectivity index (χ1v) is 4.25. The maximum atomic E-state index is 11.2. The van der Waals surface area contributed by atoms with Gasteiger partial charge in [-0.05, 0) is 12.1 Å². The van der Waals surface area contributed by atoms with Crippen LogP contribution >= 0.6 is 0 Å². The lowest BCUT2D eigenvalue weighted by Gasteiger charge is -2.02. The molecule has 0 saturated carbocycles. The first kappa shape index (κ1) is 8.62. The number of rotatable bonds is 2. The summed E-state index contributed by atoms with van der Waals surface area (Å²) in [6.07, 6.45) is 1.53. The molecule has 0 saturated heterocycles. The molecule has 1 heterocycles. The number of Topliss-reactive ketones (excluding diaryl/α,β-unsaturated/α-hetero) is 1. The molecule has 0 unspecified atom stereocenters. The lowest BCUT2D eigenvalue weighted by Crippen LogP contribution is -2.04. The number of para-hydroxylation sites is 1. The largest absolute Gasteiger partial charge is 0.291 e. The van der Waals surface area contributed by atoms with E-state index >= 15 is 0 Å². The van der Waals surface area contributed by atoms with Crippen molar-refractivity contribution in [2.45, 2.75) is 6.92 Å². The van der Waals surface area contributed by atoms with Crippen molar-refractivity contribution < 1.29 is 4.79 Å². The van der Waals surface area contributed by atoms with Gasteiger partial charge in [-0.1, -0.05) is 18.2 Å². The summed E-state index contributed by atoms with van der Waals surface area (Å²) in [5.41, 5.74) is 0.891. The third kappa shape index (κ3) is 1.42. The van der Waals surface area contributed by atoms with Crippen molar-refractivity contribution in [1.29, 1.82) is 0 Å². The van der Waals surface area contributed by atoms with Gasteiger partial charge in [-0.2, -0.15) is 0 Å². The molecule has 0 radical (unpaired) electrons. The number of ketones is 1. The second kappa shape index (κ2) is 3.41. The highest BCUT2D eigenvalue weighted by atomic mass is 16.1. The molecule has 2 aromatic rings. The molecule has 2 rings (SSSR count). The van der Waals surface area contributed by atoms with Gasteiger partial charge < -0.3 is 0 Å². The Morgan fingerprint density at radius 2 is 2.00 bits per heavy atom. The van der Waals surface area contributed by atoms with Crippen molar-refractivity contribution >= 4 is 5.78 Å². The fourth-order valence-corrected chi connectivity index (χ4v) is 1.25. The van der Waals surface area contributed by atoms with E-state index in [2.05, 4.69) is 10.2 Å². The molecule has 70 valence electrons. The highest BCUT2D eigenvalue weighted by Crippen LogP contribution is 2.08. The number of carbonyl (C=O) groups is 1. The predicted molar refractivity (Wildman–Crippen MR) is 51.4 cm³/mol. The summed E-state index contributed by atoms with van der Waals surface area (Å²) in [6.45, 7) is 1.48. The normalized spacial score (nSPS) is 10.1. The zero-order chi connectivity index (χ0) is 9.97. The summed E-state index contributed by atoms with van der Waals surface area (Å²) in [6, 6.07) is 9.52. The minimum atomic E-state index is -0.0913. The molecule has 1 aromatic carbocycles. The molecule has 0 spiro atoms. The molecular weight excluding hydrogens is 178 g/mol. The third-order valence-corrected chi connectivity index (χ3v) is 1.90. The van der Waals surface area contributed by atoms with Gasteiger partial charge in [0.05, 0.1) is 0 Å². The van der Waals surface area contributed by atoms with Gasteiger partial charge in [0.25, 0.3) is 0 Å². The van der Waals surface area contributed by atoms with Crippen molar-refractivity contribution in [1.82, 2.24) is 14.8 Å². The Hall–Kier alpha value is -1.97. The first-order valence-electron chi connectivity index (χ1n) is 4.25. The van der Waals surface area contributed by atoms with Crippen molar-refractivity contribution in [2.75, 3.05) is 0 Å². The zero-order valence-electron chi connectivity index (χ0n) is 7.71. The minimum absolute atomic E-state index is 0.0913. The number of nitrogens with zero attached hydrogens (tertiary/aromatic N) is 3. The molecule has 0 bridgehead atoms. The topological polar surface area (TPSA) is 47.8 Å². The lowest BCUT2D eigenvalue weighted by atomic mass is 10.3. The van der Waals surface area contributed by atoms with Crippen LogP contribution in [-0.4, -0.2) is 20.5 Å². The monoisotopic (exact) mass is 187 g/mol. The standard InChI is InChI=1S/C10H9N3O/c1-8(14)10-12-11-7-13(10)9-5-3-2-4-6-9/h2-7H,1H3. The van der Waals surface area contributed by atoms with Crippen molar-refractivity contribution in [3.8, 4) is 5.69 Å². The Balaban J connectivity index is 2.52. The highest BCUT2D eigenvalue weighted by molar-refractivity contribution is 5.90. The molecule has 0 aliphatic rings. The number of benzene rings is 1. The van der Waals surface area contributed by atoms with Gasteiger partial charge in [-0.25, -0.2) is 0 Å². The zero-order valence-corrected chi connectivity index (χ0v) is 7.71. The van der Waals surface area contributed by atoms with Gasteiger partial charge in [-0.3, -0.25) is 9.36 Å². The Kier molecular flexibility index (Phi) is 2.10. The number of hydrogen-bond donors (Lipinski definition) is 0. The van der Waals surface area contributed by atoms with Crippen LogP contribution in [0.2, 0.25) is 0 Å². The van der Waals surface area contributed by atoms with Crippen LogP contribution in [0.5, 0.6) is 0 Å². The van der Waals surface area contributed by atoms with E-state index in [4.69, 9.17) is 0 Å². The van der Waals surface area contributed by atoms with Crippen molar-refractivity contribution in [2.24, 2.45) is 0 Å². The van der Waals surface area contributed by atoms with Crippen LogP contribution in [-0.2, 0) is 0 Å². The first-order chi connectivity index (χ1) is 6.79. The summed E-state index contributed by atoms with van der Waals surface area (Å²) in [5.74, 6) is 0.266.